The maximum Gasteiger partial charge on any atom is 0.193 e. The molecule has 0 aromatic carbocycles. The highest BCUT2D eigenvalue weighted by Crippen LogP contribution is 2.39. The van der Waals surface area contributed by atoms with Gasteiger partial charge in [-0.25, -0.2) is 0 Å². The van der Waals surface area contributed by atoms with Crippen LogP contribution in [0.3, 0.4) is 0 Å². The maximum absolute atomic E-state index is 11.2. The number of hydrogen-bond acceptors (Lipinski definition) is 4. The van der Waals surface area contributed by atoms with Crippen LogP contribution < -0.4 is 0 Å². The summed E-state index contributed by atoms with van der Waals surface area (Å²) in [7, 11) is -1.93. The molecule has 0 unspecified atom stereocenters. The van der Waals surface area contributed by atoms with E-state index in [-0.39, 0.29) is 15.4 Å². The quantitative estimate of drug-likeness (QED) is 0.584. The van der Waals surface area contributed by atoms with Crippen molar-refractivity contribution >= 4 is 31.5 Å². The summed E-state index contributed by atoms with van der Waals surface area (Å²) in [5.74, 6) is 0. The molecule has 17 heavy (non-hydrogen) atoms. The molecule has 1 heterocycles. The van der Waals surface area contributed by atoms with Gasteiger partial charge >= 0.3 is 0 Å². The van der Waals surface area contributed by atoms with Gasteiger partial charge in [-0.1, -0.05) is 32.5 Å². The van der Waals surface area contributed by atoms with Crippen molar-refractivity contribution in [2.24, 2.45) is 0 Å². The number of hydrogen-bond donors (Lipinski definition) is 0. The Morgan fingerprint density at radius 3 is 2.41 bits per heavy atom. The number of carbonyl (C=O) groups is 2. The fourth-order valence-corrected chi connectivity index (χ4v) is 3.90. The molecule has 0 spiro atoms. The standard InChI is InChI=1S/C12H22O3SSi/c1-12(2,3)17(4,5)15-9(8-13)10-6-7-11(14)16-10/h8-10H,6-7H2,1-5H3/t9-,10-/m0/s1. The van der Waals surface area contributed by atoms with Gasteiger partial charge in [0, 0.05) is 11.7 Å². The van der Waals surface area contributed by atoms with E-state index in [4.69, 9.17) is 4.43 Å². The summed E-state index contributed by atoms with van der Waals surface area (Å²) in [6, 6.07) is 0. The van der Waals surface area contributed by atoms with Gasteiger partial charge in [0.25, 0.3) is 0 Å². The summed E-state index contributed by atoms with van der Waals surface area (Å²) in [5, 5.41) is 0.288. The van der Waals surface area contributed by atoms with Crippen LogP contribution in [0.2, 0.25) is 18.1 Å². The fourth-order valence-electron chi connectivity index (χ4n) is 1.49. The monoisotopic (exact) mass is 274 g/mol. The third kappa shape index (κ3) is 3.66. The van der Waals surface area contributed by atoms with E-state index in [1.807, 2.05) is 0 Å². The van der Waals surface area contributed by atoms with Gasteiger partial charge in [-0.05, 0) is 24.6 Å². The summed E-state index contributed by atoms with van der Waals surface area (Å²) in [5.41, 5.74) is 0. The predicted octanol–water partition coefficient (Wildman–Crippen LogP) is 3.00. The van der Waals surface area contributed by atoms with Crippen molar-refractivity contribution in [1.82, 2.24) is 0 Å². The Hall–Kier alpha value is -0.133. The summed E-state index contributed by atoms with van der Waals surface area (Å²) in [4.78, 5) is 22.4. The van der Waals surface area contributed by atoms with Crippen LogP contribution in [0.15, 0.2) is 0 Å². The SMILES string of the molecule is CC(C)(C)[Si](C)(C)O[C@@H](C=O)[C@@H]1CCC(=O)S1. The minimum atomic E-state index is -1.93. The first-order valence-electron chi connectivity index (χ1n) is 6.00. The topological polar surface area (TPSA) is 43.4 Å². The fraction of sp³-hybridized carbons (Fsp3) is 0.833. The van der Waals surface area contributed by atoms with Crippen LogP contribution >= 0.6 is 11.8 Å². The smallest absolute Gasteiger partial charge is 0.193 e. The van der Waals surface area contributed by atoms with Crippen molar-refractivity contribution < 1.29 is 14.0 Å². The Morgan fingerprint density at radius 2 is 2.06 bits per heavy atom. The first-order chi connectivity index (χ1) is 7.67. The van der Waals surface area contributed by atoms with Crippen LogP contribution in [0.1, 0.15) is 33.6 Å². The largest absolute Gasteiger partial charge is 0.406 e. The summed E-state index contributed by atoms with van der Waals surface area (Å²) < 4.78 is 6.08. The van der Waals surface area contributed by atoms with Crippen molar-refractivity contribution in [3.8, 4) is 0 Å². The second-order valence-corrected chi connectivity index (χ2v) is 12.1. The Bertz CT molecular complexity index is 309. The maximum atomic E-state index is 11.2. The van der Waals surface area contributed by atoms with Crippen LogP contribution in [0.5, 0.6) is 0 Å². The van der Waals surface area contributed by atoms with Crippen LogP contribution in [0.25, 0.3) is 0 Å². The van der Waals surface area contributed by atoms with Crippen molar-refractivity contribution in [2.45, 2.75) is 63.1 Å². The number of carbonyl (C=O) groups excluding carboxylic acids is 2. The molecule has 0 radical (unpaired) electrons. The molecule has 1 saturated heterocycles. The molecule has 98 valence electrons. The van der Waals surface area contributed by atoms with Gasteiger partial charge in [0.05, 0.1) is 0 Å². The van der Waals surface area contributed by atoms with Gasteiger partial charge < -0.3 is 9.22 Å². The molecule has 0 aromatic rings. The lowest BCUT2D eigenvalue weighted by Gasteiger charge is -2.39. The second kappa shape index (κ2) is 5.24. The van der Waals surface area contributed by atoms with E-state index in [1.54, 1.807) is 0 Å². The Kier molecular flexibility index (Phi) is 4.60. The van der Waals surface area contributed by atoms with Gasteiger partial charge in [-0.3, -0.25) is 4.79 Å². The molecular formula is C12H22O3SSi. The van der Waals surface area contributed by atoms with E-state index in [2.05, 4.69) is 33.9 Å². The normalized spacial score (nSPS) is 23.8. The molecule has 1 aliphatic rings. The minimum absolute atomic E-state index is 0.0223. The molecule has 0 aromatic heterocycles. The van der Waals surface area contributed by atoms with Crippen LogP contribution in [-0.2, 0) is 14.0 Å². The zero-order valence-corrected chi connectivity index (χ0v) is 13.1. The van der Waals surface area contributed by atoms with E-state index in [9.17, 15) is 9.59 Å². The second-order valence-electron chi connectivity index (χ2n) is 6.05. The highest BCUT2D eigenvalue weighted by Gasteiger charge is 2.42. The molecule has 2 atom stereocenters. The highest BCUT2D eigenvalue weighted by atomic mass is 32.2. The molecule has 0 N–H and O–H groups in total. The molecule has 0 aliphatic carbocycles. The third-order valence-electron chi connectivity index (χ3n) is 3.65. The lowest BCUT2D eigenvalue weighted by Crippen LogP contribution is -2.46. The molecule has 5 heteroatoms. The van der Waals surface area contributed by atoms with Gasteiger partial charge in [0.1, 0.15) is 12.4 Å². The Labute approximate surface area is 109 Å². The average molecular weight is 274 g/mol. The highest BCUT2D eigenvalue weighted by molar-refractivity contribution is 8.14. The van der Waals surface area contributed by atoms with Crippen molar-refractivity contribution in [3.63, 3.8) is 0 Å². The van der Waals surface area contributed by atoms with E-state index in [0.29, 0.717) is 6.42 Å². The van der Waals surface area contributed by atoms with E-state index in [0.717, 1.165) is 12.7 Å². The number of aldehydes is 1. The van der Waals surface area contributed by atoms with Crippen molar-refractivity contribution in [2.75, 3.05) is 0 Å². The average Bonchev–Trinajstić information content (AvgIpc) is 2.59. The number of thioether (sulfide) groups is 1. The van der Waals surface area contributed by atoms with Crippen LogP contribution in [-0.4, -0.2) is 31.1 Å². The molecule has 1 rings (SSSR count). The van der Waals surface area contributed by atoms with Crippen molar-refractivity contribution in [3.05, 3.63) is 0 Å². The van der Waals surface area contributed by atoms with E-state index < -0.39 is 14.4 Å². The molecule has 0 bridgehead atoms. The van der Waals surface area contributed by atoms with E-state index in [1.165, 1.54) is 11.8 Å². The number of rotatable bonds is 4. The lowest BCUT2D eigenvalue weighted by atomic mass is 10.2. The zero-order chi connectivity index (χ0) is 13.3. The Balaban J connectivity index is 2.70. The van der Waals surface area contributed by atoms with Gasteiger partial charge in [-0.15, -0.1) is 0 Å². The summed E-state index contributed by atoms with van der Waals surface area (Å²) in [6.07, 6.45) is 1.78. The molecular weight excluding hydrogens is 252 g/mol. The first kappa shape index (κ1) is 14.9. The van der Waals surface area contributed by atoms with Gasteiger partial charge in [0.2, 0.25) is 0 Å². The minimum Gasteiger partial charge on any atom is -0.406 e. The predicted molar refractivity (Wildman–Crippen MR) is 73.8 cm³/mol. The summed E-state index contributed by atoms with van der Waals surface area (Å²) in [6.45, 7) is 10.7. The van der Waals surface area contributed by atoms with Gasteiger partial charge in [0.15, 0.2) is 13.4 Å². The van der Waals surface area contributed by atoms with Crippen LogP contribution in [0, 0.1) is 0 Å². The molecule has 1 aliphatic heterocycles. The Morgan fingerprint density at radius 1 is 1.47 bits per heavy atom. The van der Waals surface area contributed by atoms with Crippen molar-refractivity contribution in [1.29, 1.82) is 0 Å². The lowest BCUT2D eigenvalue weighted by molar-refractivity contribution is -0.114. The van der Waals surface area contributed by atoms with E-state index >= 15 is 0 Å². The van der Waals surface area contributed by atoms with Crippen LogP contribution in [0.4, 0.5) is 0 Å². The first-order valence-corrected chi connectivity index (χ1v) is 9.79. The van der Waals surface area contributed by atoms with Gasteiger partial charge in [-0.2, -0.15) is 0 Å². The molecule has 1 fully saturated rings. The zero-order valence-electron chi connectivity index (χ0n) is 11.3. The molecule has 3 nitrogen and oxygen atoms in total. The molecule has 0 amide bonds. The summed E-state index contributed by atoms with van der Waals surface area (Å²) >= 11 is 1.28. The third-order valence-corrected chi connectivity index (χ3v) is 9.40. The molecule has 0 saturated carbocycles.